The minimum atomic E-state index is 0.202. The second-order valence-electron chi connectivity index (χ2n) is 6.62. The highest BCUT2D eigenvalue weighted by atomic mass is 16.3. The van der Waals surface area contributed by atoms with E-state index in [9.17, 15) is 4.79 Å². The number of nitrogens with zero attached hydrogens (tertiary/aromatic N) is 1. The van der Waals surface area contributed by atoms with Crippen LogP contribution in [0.15, 0.2) is 22.8 Å². The molecule has 3 nitrogen and oxygen atoms in total. The third-order valence-corrected chi connectivity index (χ3v) is 5.20. The SMILES string of the molecule is Cc1ccc2c(CC(=O)N(C)C3CCCCC3)coc2c1C. The Morgan fingerprint density at radius 3 is 2.68 bits per heavy atom. The first-order valence-corrected chi connectivity index (χ1v) is 8.30. The zero-order valence-electron chi connectivity index (χ0n) is 13.8. The van der Waals surface area contributed by atoms with Crippen LogP contribution in [0.2, 0.25) is 0 Å². The fourth-order valence-corrected chi connectivity index (χ4v) is 3.48. The molecule has 3 heteroatoms. The molecule has 0 saturated heterocycles. The molecule has 1 aliphatic carbocycles. The normalized spacial score (nSPS) is 16.1. The molecule has 1 saturated carbocycles. The first-order chi connectivity index (χ1) is 10.6. The molecule has 22 heavy (non-hydrogen) atoms. The minimum Gasteiger partial charge on any atom is -0.464 e. The summed E-state index contributed by atoms with van der Waals surface area (Å²) in [6.45, 7) is 4.15. The number of aryl methyl sites for hydroxylation is 2. The second kappa shape index (κ2) is 6.15. The molecular formula is C19H25NO2. The summed E-state index contributed by atoms with van der Waals surface area (Å²) in [6.07, 6.45) is 8.28. The lowest BCUT2D eigenvalue weighted by atomic mass is 9.94. The average molecular weight is 299 g/mol. The molecule has 3 rings (SSSR count). The van der Waals surface area contributed by atoms with E-state index in [1.54, 1.807) is 6.26 Å². The molecule has 0 bridgehead atoms. The molecule has 118 valence electrons. The smallest absolute Gasteiger partial charge is 0.227 e. The number of carbonyl (C=O) groups is 1. The fourth-order valence-electron chi connectivity index (χ4n) is 3.48. The molecule has 0 N–H and O–H groups in total. The van der Waals surface area contributed by atoms with Crippen molar-refractivity contribution in [2.45, 2.75) is 58.4 Å². The molecule has 1 heterocycles. The predicted molar refractivity (Wildman–Crippen MR) is 89.0 cm³/mol. The van der Waals surface area contributed by atoms with Crippen LogP contribution in [0.5, 0.6) is 0 Å². The zero-order chi connectivity index (χ0) is 15.7. The maximum Gasteiger partial charge on any atom is 0.227 e. The van der Waals surface area contributed by atoms with Crippen molar-refractivity contribution < 1.29 is 9.21 Å². The maximum absolute atomic E-state index is 12.6. The average Bonchev–Trinajstić information content (AvgIpc) is 2.94. The minimum absolute atomic E-state index is 0.202. The third-order valence-electron chi connectivity index (χ3n) is 5.20. The molecule has 1 amide bonds. The fraction of sp³-hybridized carbons (Fsp3) is 0.526. The summed E-state index contributed by atoms with van der Waals surface area (Å²) in [6, 6.07) is 4.60. The Balaban J connectivity index is 1.78. The highest BCUT2D eigenvalue weighted by Crippen LogP contribution is 2.28. The van der Waals surface area contributed by atoms with E-state index in [2.05, 4.69) is 26.0 Å². The number of likely N-dealkylation sites (N-methyl/N-ethyl adjacent to an activating group) is 1. The number of fused-ring (bicyclic) bond motifs is 1. The van der Waals surface area contributed by atoms with Gasteiger partial charge in [0.15, 0.2) is 0 Å². The van der Waals surface area contributed by atoms with Gasteiger partial charge >= 0.3 is 0 Å². The van der Waals surface area contributed by atoms with Crippen LogP contribution in [-0.2, 0) is 11.2 Å². The highest BCUT2D eigenvalue weighted by Gasteiger charge is 2.23. The van der Waals surface area contributed by atoms with E-state index in [0.717, 1.165) is 34.9 Å². The molecular weight excluding hydrogens is 274 g/mol. The Morgan fingerprint density at radius 2 is 1.95 bits per heavy atom. The van der Waals surface area contributed by atoms with Crippen LogP contribution in [0.4, 0.5) is 0 Å². The number of carbonyl (C=O) groups excluding carboxylic acids is 1. The number of hydrogen-bond acceptors (Lipinski definition) is 2. The molecule has 2 aromatic rings. The van der Waals surface area contributed by atoms with Gasteiger partial charge in [-0.15, -0.1) is 0 Å². The van der Waals surface area contributed by atoms with Gasteiger partial charge in [0.1, 0.15) is 5.58 Å². The van der Waals surface area contributed by atoms with Gasteiger partial charge in [-0.3, -0.25) is 4.79 Å². The summed E-state index contributed by atoms with van der Waals surface area (Å²) in [4.78, 5) is 14.5. The molecule has 0 radical (unpaired) electrons. The molecule has 1 aromatic carbocycles. The van der Waals surface area contributed by atoms with Crippen molar-refractivity contribution in [1.82, 2.24) is 4.90 Å². The van der Waals surface area contributed by atoms with Crippen molar-refractivity contribution in [1.29, 1.82) is 0 Å². The number of amides is 1. The number of furan rings is 1. The predicted octanol–water partition coefficient (Wildman–Crippen LogP) is 4.38. The summed E-state index contributed by atoms with van der Waals surface area (Å²) in [5.41, 5.74) is 4.31. The summed E-state index contributed by atoms with van der Waals surface area (Å²) < 4.78 is 5.72. The number of rotatable bonds is 3. The third kappa shape index (κ3) is 2.77. The maximum atomic E-state index is 12.6. The van der Waals surface area contributed by atoms with Crippen LogP contribution in [-0.4, -0.2) is 23.9 Å². The Kier molecular flexibility index (Phi) is 4.23. The molecule has 0 aliphatic heterocycles. The van der Waals surface area contributed by atoms with Crippen LogP contribution < -0.4 is 0 Å². The zero-order valence-corrected chi connectivity index (χ0v) is 13.8. The molecule has 0 atom stereocenters. The summed E-state index contributed by atoms with van der Waals surface area (Å²) in [5.74, 6) is 0.202. The van der Waals surface area contributed by atoms with Gasteiger partial charge in [0, 0.05) is 24.0 Å². The van der Waals surface area contributed by atoms with E-state index < -0.39 is 0 Å². The van der Waals surface area contributed by atoms with E-state index in [1.807, 2.05) is 11.9 Å². The summed E-state index contributed by atoms with van der Waals surface area (Å²) >= 11 is 0. The second-order valence-corrected chi connectivity index (χ2v) is 6.62. The molecule has 0 spiro atoms. The lowest BCUT2D eigenvalue weighted by Crippen LogP contribution is -2.39. The molecule has 1 aliphatic rings. The van der Waals surface area contributed by atoms with Crippen LogP contribution in [0.25, 0.3) is 11.0 Å². The van der Waals surface area contributed by atoms with E-state index in [4.69, 9.17) is 4.42 Å². The van der Waals surface area contributed by atoms with E-state index in [1.165, 1.54) is 24.8 Å². The Morgan fingerprint density at radius 1 is 1.23 bits per heavy atom. The van der Waals surface area contributed by atoms with Gasteiger partial charge in [-0.05, 0) is 37.8 Å². The van der Waals surface area contributed by atoms with Crippen molar-refractivity contribution in [3.63, 3.8) is 0 Å². The van der Waals surface area contributed by atoms with E-state index in [-0.39, 0.29) is 5.91 Å². The number of hydrogen-bond donors (Lipinski definition) is 0. The lowest BCUT2D eigenvalue weighted by molar-refractivity contribution is -0.131. The summed E-state index contributed by atoms with van der Waals surface area (Å²) in [5, 5.41) is 1.08. The van der Waals surface area contributed by atoms with Crippen molar-refractivity contribution in [2.24, 2.45) is 0 Å². The molecule has 0 unspecified atom stereocenters. The van der Waals surface area contributed by atoms with Gasteiger partial charge in [0.2, 0.25) is 5.91 Å². The number of benzene rings is 1. The standard InChI is InChI=1S/C19H25NO2/c1-13-9-10-17-15(12-22-19(17)14(13)2)11-18(21)20(3)16-7-5-4-6-8-16/h9-10,12,16H,4-8,11H2,1-3H3. The monoisotopic (exact) mass is 299 g/mol. The van der Waals surface area contributed by atoms with Crippen LogP contribution in [0.3, 0.4) is 0 Å². The van der Waals surface area contributed by atoms with Crippen LogP contribution in [0.1, 0.15) is 48.8 Å². The largest absolute Gasteiger partial charge is 0.464 e. The van der Waals surface area contributed by atoms with Crippen molar-refractivity contribution in [3.8, 4) is 0 Å². The first-order valence-electron chi connectivity index (χ1n) is 8.30. The van der Waals surface area contributed by atoms with Gasteiger partial charge in [0.05, 0.1) is 12.7 Å². The van der Waals surface area contributed by atoms with Crippen LogP contribution >= 0.6 is 0 Å². The topological polar surface area (TPSA) is 33.5 Å². The van der Waals surface area contributed by atoms with E-state index >= 15 is 0 Å². The van der Waals surface area contributed by atoms with Gasteiger partial charge < -0.3 is 9.32 Å². The Hall–Kier alpha value is -1.77. The van der Waals surface area contributed by atoms with Crippen molar-refractivity contribution >= 4 is 16.9 Å². The first kappa shape index (κ1) is 15.1. The Bertz CT molecular complexity index is 680. The van der Waals surface area contributed by atoms with Gasteiger partial charge in [-0.25, -0.2) is 0 Å². The summed E-state index contributed by atoms with van der Waals surface area (Å²) in [7, 11) is 1.95. The quantitative estimate of drug-likeness (QED) is 0.842. The highest BCUT2D eigenvalue weighted by molar-refractivity contribution is 5.89. The van der Waals surface area contributed by atoms with Gasteiger partial charge in [-0.2, -0.15) is 0 Å². The van der Waals surface area contributed by atoms with Crippen LogP contribution in [0, 0.1) is 13.8 Å². The lowest BCUT2D eigenvalue weighted by Gasteiger charge is -2.31. The van der Waals surface area contributed by atoms with Gasteiger partial charge in [0.25, 0.3) is 0 Å². The molecule has 1 fully saturated rings. The van der Waals surface area contributed by atoms with Crippen molar-refractivity contribution in [3.05, 3.63) is 35.1 Å². The molecule has 1 aromatic heterocycles. The van der Waals surface area contributed by atoms with Gasteiger partial charge in [-0.1, -0.05) is 31.4 Å². The van der Waals surface area contributed by atoms with Crippen molar-refractivity contribution in [2.75, 3.05) is 7.05 Å². The Labute approximate surface area is 132 Å². The van der Waals surface area contributed by atoms with E-state index in [0.29, 0.717) is 12.5 Å².